The van der Waals surface area contributed by atoms with E-state index in [1.54, 1.807) is 0 Å². The zero-order chi connectivity index (χ0) is 15.2. The number of rotatable bonds is 7. The molecule has 0 aliphatic heterocycles. The molecule has 20 heavy (non-hydrogen) atoms. The van der Waals surface area contributed by atoms with Crippen molar-refractivity contribution in [3.63, 3.8) is 0 Å². The molecule has 0 aromatic rings. The molecule has 6 heteroatoms. The highest BCUT2D eigenvalue weighted by atomic mass is 32.2. The van der Waals surface area contributed by atoms with Gasteiger partial charge in [-0.15, -0.1) is 0 Å². The molecular formula is C14H27NO4S. The zero-order valence-corrected chi connectivity index (χ0v) is 13.6. The number of hydrogen-bond acceptors (Lipinski definition) is 4. The van der Waals surface area contributed by atoms with Crippen LogP contribution in [0.4, 0.5) is 0 Å². The van der Waals surface area contributed by atoms with E-state index < -0.39 is 15.4 Å². The Hall–Kier alpha value is -0.620. The van der Waals surface area contributed by atoms with Gasteiger partial charge in [0.25, 0.3) is 0 Å². The van der Waals surface area contributed by atoms with Gasteiger partial charge >= 0.3 is 5.97 Å². The average molecular weight is 305 g/mol. The van der Waals surface area contributed by atoms with E-state index in [4.69, 9.17) is 4.74 Å². The molecule has 0 bridgehead atoms. The molecule has 1 N–H and O–H groups in total. The van der Waals surface area contributed by atoms with Gasteiger partial charge in [0.1, 0.15) is 6.61 Å². The van der Waals surface area contributed by atoms with Crippen LogP contribution in [0.15, 0.2) is 0 Å². The summed E-state index contributed by atoms with van der Waals surface area (Å²) in [5, 5.41) is -0.279. The predicted molar refractivity (Wildman–Crippen MR) is 78.8 cm³/mol. The minimum absolute atomic E-state index is 0.0915. The Morgan fingerprint density at radius 1 is 1.25 bits per heavy atom. The number of sulfonamides is 1. The Balaban J connectivity index is 2.31. The molecule has 0 aromatic heterocycles. The average Bonchev–Trinajstić information content (AvgIpc) is 2.44. The first-order valence-corrected chi connectivity index (χ1v) is 9.00. The summed E-state index contributed by atoms with van der Waals surface area (Å²) in [5.74, 6) is -0.281. The van der Waals surface area contributed by atoms with Gasteiger partial charge in [0.15, 0.2) is 0 Å². The molecular weight excluding hydrogens is 278 g/mol. The van der Waals surface area contributed by atoms with E-state index in [2.05, 4.69) is 4.72 Å². The molecule has 5 nitrogen and oxygen atoms in total. The third-order valence-electron chi connectivity index (χ3n) is 4.07. The fraction of sp³-hybridized carbons (Fsp3) is 0.929. The van der Waals surface area contributed by atoms with Crippen molar-refractivity contribution in [1.29, 1.82) is 0 Å². The van der Waals surface area contributed by atoms with Gasteiger partial charge in [-0.3, -0.25) is 4.79 Å². The fourth-order valence-electron chi connectivity index (χ4n) is 2.16. The topological polar surface area (TPSA) is 72.5 Å². The Kier molecular flexibility index (Phi) is 6.45. The van der Waals surface area contributed by atoms with Gasteiger partial charge in [-0.2, -0.15) is 0 Å². The van der Waals surface area contributed by atoms with Crippen LogP contribution in [0.5, 0.6) is 0 Å². The van der Waals surface area contributed by atoms with E-state index in [0.29, 0.717) is 6.42 Å². The van der Waals surface area contributed by atoms with Crippen LogP contribution in [0.1, 0.15) is 59.3 Å². The highest BCUT2D eigenvalue weighted by Crippen LogP contribution is 2.23. The summed E-state index contributed by atoms with van der Waals surface area (Å²) in [7, 11) is -3.26. The minimum atomic E-state index is -3.26. The second-order valence-corrected chi connectivity index (χ2v) is 8.12. The molecule has 118 valence electrons. The van der Waals surface area contributed by atoms with Crippen molar-refractivity contribution in [2.24, 2.45) is 5.41 Å². The molecule has 1 saturated carbocycles. The third kappa shape index (κ3) is 5.05. The van der Waals surface area contributed by atoms with Crippen LogP contribution >= 0.6 is 0 Å². The normalized spacial score (nSPS) is 17.9. The van der Waals surface area contributed by atoms with Gasteiger partial charge in [-0.25, -0.2) is 13.1 Å². The van der Waals surface area contributed by atoms with E-state index in [9.17, 15) is 13.2 Å². The lowest BCUT2D eigenvalue weighted by atomic mass is 9.91. The number of carbonyl (C=O) groups excluding carboxylic acids is 1. The molecule has 0 saturated heterocycles. The Morgan fingerprint density at radius 3 is 2.40 bits per heavy atom. The highest BCUT2D eigenvalue weighted by molar-refractivity contribution is 7.90. The zero-order valence-electron chi connectivity index (χ0n) is 12.8. The van der Waals surface area contributed by atoms with Gasteiger partial charge in [-0.1, -0.05) is 26.2 Å². The first-order valence-electron chi connectivity index (χ1n) is 7.45. The van der Waals surface area contributed by atoms with Crippen molar-refractivity contribution in [2.75, 3.05) is 13.2 Å². The standard InChI is InChI=1S/C14H27NO4S/c1-4-14(2,3)13(16)19-11-10-15-20(17,18)12-8-6-5-7-9-12/h12,15H,4-11H2,1-3H3. The third-order valence-corrected chi connectivity index (χ3v) is 6.02. The van der Waals surface area contributed by atoms with E-state index in [1.165, 1.54) is 0 Å². The number of nitrogens with one attached hydrogen (secondary N) is 1. The SMILES string of the molecule is CCC(C)(C)C(=O)OCCNS(=O)(=O)C1CCCCC1. The first kappa shape index (κ1) is 17.4. The number of ether oxygens (including phenoxy) is 1. The molecule has 0 amide bonds. The molecule has 0 atom stereocenters. The van der Waals surface area contributed by atoms with Gasteiger partial charge in [0.05, 0.1) is 10.7 Å². The van der Waals surface area contributed by atoms with Crippen molar-refractivity contribution < 1.29 is 17.9 Å². The smallest absolute Gasteiger partial charge is 0.311 e. The molecule has 0 unspecified atom stereocenters. The molecule has 1 rings (SSSR count). The Labute approximate surface area is 122 Å². The molecule has 0 heterocycles. The summed E-state index contributed by atoms with van der Waals surface area (Å²) in [4.78, 5) is 11.7. The summed E-state index contributed by atoms with van der Waals surface area (Å²) in [6, 6.07) is 0. The van der Waals surface area contributed by atoms with Crippen molar-refractivity contribution in [3.8, 4) is 0 Å². The van der Waals surface area contributed by atoms with Crippen LogP contribution < -0.4 is 4.72 Å². The maximum atomic E-state index is 12.0. The number of hydrogen-bond donors (Lipinski definition) is 1. The summed E-state index contributed by atoms with van der Waals surface area (Å²) in [6.07, 6.45) is 5.24. The van der Waals surface area contributed by atoms with Gasteiger partial charge < -0.3 is 4.74 Å². The van der Waals surface area contributed by atoms with Crippen molar-refractivity contribution in [3.05, 3.63) is 0 Å². The molecule has 1 fully saturated rings. The van der Waals surface area contributed by atoms with Crippen LogP contribution in [0, 0.1) is 5.41 Å². The van der Waals surface area contributed by atoms with E-state index in [1.807, 2.05) is 20.8 Å². The van der Waals surface area contributed by atoms with Gasteiger partial charge in [0.2, 0.25) is 10.0 Å². The van der Waals surface area contributed by atoms with Crippen LogP contribution in [0.25, 0.3) is 0 Å². The van der Waals surface area contributed by atoms with Crippen LogP contribution in [-0.2, 0) is 19.6 Å². The Morgan fingerprint density at radius 2 is 1.85 bits per heavy atom. The summed E-state index contributed by atoms with van der Waals surface area (Å²) >= 11 is 0. The van der Waals surface area contributed by atoms with Crippen molar-refractivity contribution in [2.45, 2.75) is 64.5 Å². The van der Waals surface area contributed by atoms with E-state index >= 15 is 0 Å². The predicted octanol–water partition coefficient (Wildman–Crippen LogP) is 2.22. The molecule has 0 radical (unpaired) electrons. The minimum Gasteiger partial charge on any atom is -0.464 e. The second kappa shape index (κ2) is 7.41. The maximum absolute atomic E-state index is 12.0. The Bertz CT molecular complexity index is 411. The highest BCUT2D eigenvalue weighted by Gasteiger charge is 2.28. The lowest BCUT2D eigenvalue weighted by Crippen LogP contribution is -2.38. The lowest BCUT2D eigenvalue weighted by molar-refractivity contribution is -0.153. The molecule has 0 spiro atoms. The van der Waals surface area contributed by atoms with Gasteiger partial charge in [0, 0.05) is 6.54 Å². The van der Waals surface area contributed by atoms with Crippen LogP contribution in [0.3, 0.4) is 0 Å². The number of esters is 1. The van der Waals surface area contributed by atoms with Crippen LogP contribution in [-0.4, -0.2) is 32.8 Å². The van der Waals surface area contributed by atoms with E-state index in [0.717, 1.165) is 32.1 Å². The molecule has 0 aromatic carbocycles. The van der Waals surface area contributed by atoms with E-state index in [-0.39, 0.29) is 24.4 Å². The van der Waals surface area contributed by atoms with Crippen molar-refractivity contribution in [1.82, 2.24) is 4.72 Å². The van der Waals surface area contributed by atoms with Gasteiger partial charge in [-0.05, 0) is 33.1 Å². The quantitative estimate of drug-likeness (QED) is 0.578. The molecule has 1 aliphatic carbocycles. The monoisotopic (exact) mass is 305 g/mol. The maximum Gasteiger partial charge on any atom is 0.311 e. The fourth-order valence-corrected chi connectivity index (χ4v) is 3.72. The van der Waals surface area contributed by atoms with Crippen LogP contribution in [0.2, 0.25) is 0 Å². The second-order valence-electron chi connectivity index (χ2n) is 6.07. The summed E-state index contributed by atoms with van der Waals surface area (Å²) < 4.78 is 31.7. The van der Waals surface area contributed by atoms with Crippen molar-refractivity contribution >= 4 is 16.0 Å². The summed E-state index contributed by atoms with van der Waals surface area (Å²) in [5.41, 5.74) is -0.512. The largest absolute Gasteiger partial charge is 0.464 e. The summed E-state index contributed by atoms with van der Waals surface area (Å²) in [6.45, 7) is 5.81. The lowest BCUT2D eigenvalue weighted by Gasteiger charge is -2.23. The first-order chi connectivity index (χ1) is 9.29. The number of carbonyl (C=O) groups is 1. The molecule has 1 aliphatic rings.